The van der Waals surface area contributed by atoms with Gasteiger partial charge < -0.3 is 13.9 Å². The molecule has 0 saturated heterocycles. The number of carbonyl (C=O) groups excluding carboxylic acids is 2. The number of carbonyl (C=O) groups is 2. The second kappa shape index (κ2) is 9.39. The lowest BCUT2D eigenvalue weighted by Crippen LogP contribution is -2.09. The van der Waals surface area contributed by atoms with Crippen molar-refractivity contribution in [2.75, 3.05) is 6.61 Å². The molecule has 0 bridgehead atoms. The van der Waals surface area contributed by atoms with Crippen LogP contribution in [0.25, 0.3) is 11.0 Å². The summed E-state index contributed by atoms with van der Waals surface area (Å²) >= 11 is 0. The number of Topliss-reactive ketones (excluding diaryl/α,β-unsaturated/α-hetero) is 1. The van der Waals surface area contributed by atoms with Crippen molar-refractivity contribution in [2.24, 2.45) is 0 Å². The van der Waals surface area contributed by atoms with Crippen molar-refractivity contribution in [1.82, 2.24) is 0 Å². The minimum absolute atomic E-state index is 0.00134. The molecule has 6 heteroatoms. The van der Waals surface area contributed by atoms with Gasteiger partial charge in [-0.15, -0.1) is 0 Å². The molecule has 0 aliphatic carbocycles. The number of esters is 1. The van der Waals surface area contributed by atoms with Gasteiger partial charge in [-0.05, 0) is 74.7 Å². The predicted molar refractivity (Wildman–Crippen MR) is 113 cm³/mol. The first-order valence-corrected chi connectivity index (χ1v) is 9.77. The third kappa shape index (κ3) is 5.35. The first kappa shape index (κ1) is 21.3. The molecule has 3 rings (SSSR count). The third-order valence-corrected chi connectivity index (χ3v) is 4.89. The molecule has 0 amide bonds. The van der Waals surface area contributed by atoms with E-state index in [2.05, 4.69) is 0 Å². The lowest BCUT2D eigenvalue weighted by Gasteiger charge is -2.10. The molecule has 0 fully saturated rings. The molecule has 2 aromatic carbocycles. The number of hydrogen-bond donors (Lipinski definition) is 0. The van der Waals surface area contributed by atoms with Crippen LogP contribution in [-0.2, 0) is 16.1 Å². The highest BCUT2D eigenvalue weighted by Crippen LogP contribution is 2.22. The van der Waals surface area contributed by atoms with E-state index in [0.29, 0.717) is 35.5 Å². The van der Waals surface area contributed by atoms with Crippen LogP contribution in [0.2, 0.25) is 0 Å². The van der Waals surface area contributed by atoms with Crippen LogP contribution in [0.15, 0.2) is 51.7 Å². The van der Waals surface area contributed by atoms with E-state index in [1.807, 2.05) is 26.0 Å². The molecule has 1 aromatic heterocycles. The molecular weight excluding hydrogens is 384 g/mol. The molecule has 30 heavy (non-hydrogen) atoms. The molecular formula is C24H24O6. The summed E-state index contributed by atoms with van der Waals surface area (Å²) in [6, 6.07) is 12.0. The van der Waals surface area contributed by atoms with Crippen LogP contribution in [-0.4, -0.2) is 18.4 Å². The summed E-state index contributed by atoms with van der Waals surface area (Å²) in [7, 11) is 0. The summed E-state index contributed by atoms with van der Waals surface area (Å²) in [5.41, 5.74) is 3.35. The third-order valence-electron chi connectivity index (χ3n) is 4.89. The lowest BCUT2D eigenvalue weighted by atomic mass is 10.0. The van der Waals surface area contributed by atoms with Gasteiger partial charge in [0.25, 0.3) is 0 Å². The fourth-order valence-corrected chi connectivity index (χ4v) is 3.03. The SMILES string of the molecule is CC(=O)c1ccc(OCCCC(=O)OCc2cc(=O)oc3cc(C)c(C)cc23)cc1. The van der Waals surface area contributed by atoms with Crippen LogP contribution in [0.4, 0.5) is 0 Å². The van der Waals surface area contributed by atoms with Crippen LogP contribution >= 0.6 is 0 Å². The molecule has 0 unspecified atom stereocenters. The normalized spacial score (nSPS) is 10.8. The van der Waals surface area contributed by atoms with Crippen LogP contribution in [0.3, 0.4) is 0 Å². The highest BCUT2D eigenvalue weighted by Gasteiger charge is 2.11. The molecule has 1 heterocycles. The van der Waals surface area contributed by atoms with Crippen LogP contribution in [0, 0.1) is 13.8 Å². The van der Waals surface area contributed by atoms with Gasteiger partial charge in [0, 0.05) is 29.0 Å². The number of rotatable bonds is 8. The van der Waals surface area contributed by atoms with E-state index in [4.69, 9.17) is 13.9 Å². The number of ether oxygens (including phenoxy) is 2. The van der Waals surface area contributed by atoms with Gasteiger partial charge in [0.2, 0.25) is 0 Å². The Morgan fingerprint density at radius 2 is 1.70 bits per heavy atom. The van der Waals surface area contributed by atoms with E-state index in [0.717, 1.165) is 16.5 Å². The number of ketones is 1. The summed E-state index contributed by atoms with van der Waals surface area (Å²) in [6.45, 7) is 5.79. The first-order chi connectivity index (χ1) is 14.3. The van der Waals surface area contributed by atoms with Gasteiger partial charge in [-0.2, -0.15) is 0 Å². The summed E-state index contributed by atoms with van der Waals surface area (Å²) in [5.74, 6) is 0.274. The highest BCUT2D eigenvalue weighted by molar-refractivity contribution is 5.94. The maximum absolute atomic E-state index is 12.1. The van der Waals surface area contributed by atoms with Crippen LogP contribution in [0.1, 0.15) is 46.8 Å². The second-order valence-corrected chi connectivity index (χ2v) is 7.22. The zero-order valence-corrected chi connectivity index (χ0v) is 17.3. The summed E-state index contributed by atoms with van der Waals surface area (Å²) in [5, 5.41) is 0.767. The van der Waals surface area contributed by atoms with Gasteiger partial charge in [0.15, 0.2) is 5.78 Å². The molecule has 0 aliphatic heterocycles. The fraction of sp³-hybridized carbons (Fsp3) is 0.292. The minimum Gasteiger partial charge on any atom is -0.494 e. The van der Waals surface area contributed by atoms with Gasteiger partial charge in [0.1, 0.15) is 17.9 Å². The molecule has 6 nitrogen and oxygen atoms in total. The van der Waals surface area contributed by atoms with Gasteiger partial charge >= 0.3 is 11.6 Å². The largest absolute Gasteiger partial charge is 0.494 e. The Hall–Kier alpha value is -3.41. The Kier molecular flexibility index (Phi) is 6.67. The van der Waals surface area contributed by atoms with Gasteiger partial charge in [-0.25, -0.2) is 4.79 Å². The van der Waals surface area contributed by atoms with E-state index in [9.17, 15) is 14.4 Å². The summed E-state index contributed by atoms with van der Waals surface area (Å²) < 4.78 is 16.2. The number of benzene rings is 2. The highest BCUT2D eigenvalue weighted by atomic mass is 16.5. The molecule has 0 aliphatic rings. The second-order valence-electron chi connectivity index (χ2n) is 7.22. The van der Waals surface area contributed by atoms with Crippen LogP contribution in [0.5, 0.6) is 5.75 Å². The maximum Gasteiger partial charge on any atom is 0.336 e. The smallest absolute Gasteiger partial charge is 0.336 e. The van der Waals surface area contributed by atoms with E-state index >= 15 is 0 Å². The Bertz CT molecular complexity index is 1120. The van der Waals surface area contributed by atoms with E-state index in [1.165, 1.54) is 13.0 Å². The number of aryl methyl sites for hydroxylation is 2. The van der Waals surface area contributed by atoms with Crippen molar-refractivity contribution in [1.29, 1.82) is 0 Å². The zero-order chi connectivity index (χ0) is 21.7. The van der Waals surface area contributed by atoms with Crippen molar-refractivity contribution < 1.29 is 23.5 Å². The number of hydrogen-bond acceptors (Lipinski definition) is 6. The van der Waals surface area contributed by atoms with E-state index < -0.39 is 5.63 Å². The van der Waals surface area contributed by atoms with Gasteiger partial charge in [-0.3, -0.25) is 9.59 Å². The molecule has 0 saturated carbocycles. The standard InChI is InChI=1S/C24H24O6/c1-15-11-21-19(13-24(27)30-22(21)12-16(15)2)14-29-23(26)5-4-10-28-20-8-6-18(7-9-20)17(3)25/h6-9,11-13H,4-5,10,14H2,1-3H3. The molecule has 3 aromatic rings. The first-order valence-electron chi connectivity index (χ1n) is 9.77. The maximum atomic E-state index is 12.1. The molecule has 0 radical (unpaired) electrons. The molecule has 0 atom stereocenters. The topological polar surface area (TPSA) is 82.8 Å². The molecule has 156 valence electrons. The minimum atomic E-state index is -0.471. The van der Waals surface area contributed by atoms with E-state index in [-0.39, 0.29) is 24.8 Å². The summed E-state index contributed by atoms with van der Waals surface area (Å²) in [4.78, 5) is 35.1. The molecule has 0 N–H and O–H groups in total. The monoisotopic (exact) mass is 408 g/mol. The Morgan fingerprint density at radius 1 is 1.00 bits per heavy atom. The van der Waals surface area contributed by atoms with Crippen molar-refractivity contribution in [3.63, 3.8) is 0 Å². The lowest BCUT2D eigenvalue weighted by molar-refractivity contribution is -0.145. The van der Waals surface area contributed by atoms with Gasteiger partial charge in [0.05, 0.1) is 6.61 Å². The van der Waals surface area contributed by atoms with Crippen LogP contribution < -0.4 is 10.4 Å². The van der Waals surface area contributed by atoms with E-state index in [1.54, 1.807) is 24.3 Å². The predicted octanol–water partition coefficient (Wildman–Crippen LogP) is 4.51. The van der Waals surface area contributed by atoms with Crippen molar-refractivity contribution in [2.45, 2.75) is 40.2 Å². The van der Waals surface area contributed by atoms with Crippen molar-refractivity contribution in [3.8, 4) is 5.75 Å². The Labute approximate surface area is 174 Å². The fourth-order valence-electron chi connectivity index (χ4n) is 3.03. The zero-order valence-electron chi connectivity index (χ0n) is 17.3. The average Bonchev–Trinajstić information content (AvgIpc) is 2.71. The Balaban J connectivity index is 1.51. The van der Waals surface area contributed by atoms with Crippen molar-refractivity contribution in [3.05, 3.63) is 75.1 Å². The Morgan fingerprint density at radius 3 is 2.40 bits per heavy atom. The molecule has 0 spiro atoms. The average molecular weight is 408 g/mol. The quantitative estimate of drug-likeness (QED) is 0.236. The van der Waals surface area contributed by atoms with Crippen molar-refractivity contribution >= 4 is 22.7 Å². The number of fused-ring (bicyclic) bond motifs is 1. The summed E-state index contributed by atoms with van der Waals surface area (Å²) in [6.07, 6.45) is 0.687. The van der Waals surface area contributed by atoms with Gasteiger partial charge in [-0.1, -0.05) is 0 Å².